The second kappa shape index (κ2) is 5.82. The first-order valence-corrected chi connectivity index (χ1v) is 7.98. The molecule has 2 rings (SSSR count). The number of nitrogens with two attached hydrogens (primary N) is 1. The van der Waals surface area contributed by atoms with Gasteiger partial charge in [-0.25, -0.2) is 24.0 Å². The molecule has 20 heavy (non-hydrogen) atoms. The summed E-state index contributed by atoms with van der Waals surface area (Å²) in [6.45, 7) is 2.75. The fourth-order valence-electron chi connectivity index (χ4n) is 1.98. The third kappa shape index (κ3) is 3.39. The molecule has 112 valence electrons. The SMILES string of the molecule is CC1(CNS(=O)(=O)c2cnc(NN)c(Cl)c2)CCCO1. The third-order valence-electron chi connectivity index (χ3n) is 3.20. The highest BCUT2D eigenvalue weighted by Crippen LogP contribution is 2.25. The fourth-order valence-corrected chi connectivity index (χ4v) is 3.39. The summed E-state index contributed by atoms with van der Waals surface area (Å²) in [4.78, 5) is 3.83. The largest absolute Gasteiger partial charge is 0.374 e. The lowest BCUT2D eigenvalue weighted by Gasteiger charge is -2.23. The van der Waals surface area contributed by atoms with Gasteiger partial charge in [0, 0.05) is 19.3 Å². The molecule has 0 spiro atoms. The van der Waals surface area contributed by atoms with E-state index in [2.05, 4.69) is 15.1 Å². The van der Waals surface area contributed by atoms with Gasteiger partial charge < -0.3 is 10.2 Å². The van der Waals surface area contributed by atoms with Crippen LogP contribution >= 0.6 is 11.6 Å². The van der Waals surface area contributed by atoms with Crippen molar-refractivity contribution in [2.45, 2.75) is 30.3 Å². The number of anilines is 1. The smallest absolute Gasteiger partial charge is 0.242 e. The van der Waals surface area contributed by atoms with Crippen LogP contribution in [0.25, 0.3) is 0 Å². The van der Waals surface area contributed by atoms with Crippen molar-refractivity contribution >= 4 is 27.4 Å². The maximum Gasteiger partial charge on any atom is 0.242 e. The number of hydrogen-bond donors (Lipinski definition) is 3. The maximum absolute atomic E-state index is 12.2. The van der Waals surface area contributed by atoms with Crippen LogP contribution in [0.1, 0.15) is 19.8 Å². The summed E-state index contributed by atoms with van der Waals surface area (Å²) in [5.41, 5.74) is 1.82. The van der Waals surface area contributed by atoms with Crippen molar-refractivity contribution in [2.75, 3.05) is 18.6 Å². The van der Waals surface area contributed by atoms with Gasteiger partial charge in [0.15, 0.2) is 5.82 Å². The minimum atomic E-state index is -3.68. The molecule has 1 fully saturated rings. The van der Waals surface area contributed by atoms with E-state index in [1.54, 1.807) is 0 Å². The Bertz CT molecular complexity index is 587. The van der Waals surface area contributed by atoms with Crippen molar-refractivity contribution in [3.8, 4) is 0 Å². The van der Waals surface area contributed by atoms with Gasteiger partial charge in [-0.05, 0) is 25.8 Å². The summed E-state index contributed by atoms with van der Waals surface area (Å²) in [5, 5.41) is 0.138. The highest BCUT2D eigenvalue weighted by atomic mass is 35.5. The molecule has 0 amide bonds. The van der Waals surface area contributed by atoms with Crippen LogP contribution in [-0.4, -0.2) is 32.2 Å². The molecule has 1 atom stereocenters. The predicted octanol–water partition coefficient (Wildman–Crippen LogP) is 0.868. The van der Waals surface area contributed by atoms with E-state index >= 15 is 0 Å². The van der Waals surface area contributed by atoms with Crippen molar-refractivity contribution in [2.24, 2.45) is 5.84 Å². The van der Waals surface area contributed by atoms with Crippen LogP contribution in [0.4, 0.5) is 5.82 Å². The van der Waals surface area contributed by atoms with Crippen LogP contribution in [0.3, 0.4) is 0 Å². The van der Waals surface area contributed by atoms with Gasteiger partial charge >= 0.3 is 0 Å². The predicted molar refractivity (Wildman–Crippen MR) is 75.8 cm³/mol. The molecule has 7 nitrogen and oxygen atoms in total. The molecule has 0 aromatic carbocycles. The second-order valence-electron chi connectivity index (χ2n) is 4.87. The molecule has 0 bridgehead atoms. The van der Waals surface area contributed by atoms with Crippen LogP contribution in [0.15, 0.2) is 17.2 Å². The summed E-state index contributed by atoms with van der Waals surface area (Å²) in [6, 6.07) is 1.30. The van der Waals surface area contributed by atoms with Crippen LogP contribution < -0.4 is 16.0 Å². The van der Waals surface area contributed by atoms with Crippen molar-refractivity contribution in [3.05, 3.63) is 17.3 Å². The van der Waals surface area contributed by atoms with E-state index in [0.29, 0.717) is 6.61 Å². The zero-order chi connectivity index (χ0) is 14.8. The molecule has 1 aromatic rings. The van der Waals surface area contributed by atoms with Gasteiger partial charge in [0.1, 0.15) is 4.90 Å². The summed E-state index contributed by atoms with van der Waals surface area (Å²) in [5.74, 6) is 5.41. The molecule has 9 heteroatoms. The Hall–Kier alpha value is -0.930. The lowest BCUT2D eigenvalue weighted by atomic mass is 10.0. The van der Waals surface area contributed by atoms with Crippen molar-refractivity contribution < 1.29 is 13.2 Å². The number of pyridine rings is 1. The number of halogens is 1. The molecule has 0 aliphatic carbocycles. The minimum absolute atomic E-state index is 0.0110. The normalized spacial score (nSPS) is 22.9. The molecular formula is C11H17ClN4O3S. The second-order valence-corrected chi connectivity index (χ2v) is 7.05. The number of sulfonamides is 1. The van der Waals surface area contributed by atoms with Gasteiger partial charge in [-0.2, -0.15) is 0 Å². The lowest BCUT2D eigenvalue weighted by molar-refractivity contribution is 0.0250. The molecule has 4 N–H and O–H groups in total. The average Bonchev–Trinajstić information content (AvgIpc) is 2.84. The van der Waals surface area contributed by atoms with Gasteiger partial charge in [-0.3, -0.25) is 0 Å². The molecule has 2 heterocycles. The van der Waals surface area contributed by atoms with Gasteiger partial charge in [0.2, 0.25) is 10.0 Å². The van der Waals surface area contributed by atoms with E-state index in [4.69, 9.17) is 22.2 Å². The highest BCUT2D eigenvalue weighted by molar-refractivity contribution is 7.89. The monoisotopic (exact) mass is 320 g/mol. The molecule has 1 unspecified atom stereocenters. The topological polar surface area (TPSA) is 106 Å². The molecule has 1 aliphatic heterocycles. The van der Waals surface area contributed by atoms with Crippen molar-refractivity contribution in [1.29, 1.82) is 0 Å². The average molecular weight is 321 g/mol. The molecule has 0 radical (unpaired) electrons. The Balaban J connectivity index is 2.12. The summed E-state index contributed by atoms with van der Waals surface area (Å²) in [6.07, 6.45) is 2.95. The number of nitrogens with one attached hydrogen (secondary N) is 2. The number of hydrogen-bond acceptors (Lipinski definition) is 6. The first-order chi connectivity index (χ1) is 9.36. The van der Waals surface area contributed by atoms with E-state index in [1.807, 2.05) is 6.92 Å². The molecule has 1 saturated heterocycles. The summed E-state index contributed by atoms with van der Waals surface area (Å²) >= 11 is 5.87. The van der Waals surface area contributed by atoms with Crippen LogP contribution in [0.2, 0.25) is 5.02 Å². The molecular weight excluding hydrogens is 304 g/mol. The van der Waals surface area contributed by atoms with Gasteiger partial charge in [0.25, 0.3) is 0 Å². The highest BCUT2D eigenvalue weighted by Gasteiger charge is 2.31. The minimum Gasteiger partial charge on any atom is -0.374 e. The number of nitrogens with zero attached hydrogens (tertiary/aromatic N) is 1. The molecule has 0 saturated carbocycles. The van der Waals surface area contributed by atoms with Crippen molar-refractivity contribution in [3.63, 3.8) is 0 Å². The number of hydrazine groups is 1. The van der Waals surface area contributed by atoms with Crippen LogP contribution in [0.5, 0.6) is 0 Å². The maximum atomic E-state index is 12.2. The van der Waals surface area contributed by atoms with Gasteiger partial charge in [0.05, 0.1) is 10.6 Å². The molecule has 1 aromatic heterocycles. The van der Waals surface area contributed by atoms with E-state index < -0.39 is 15.6 Å². The Labute approximate surface area is 122 Å². The molecule has 1 aliphatic rings. The van der Waals surface area contributed by atoms with E-state index in [1.165, 1.54) is 12.3 Å². The quantitative estimate of drug-likeness (QED) is 0.549. The van der Waals surface area contributed by atoms with Crippen LogP contribution in [-0.2, 0) is 14.8 Å². The van der Waals surface area contributed by atoms with Crippen LogP contribution in [0, 0.1) is 0 Å². The van der Waals surface area contributed by atoms with Gasteiger partial charge in [-0.1, -0.05) is 11.6 Å². The Morgan fingerprint density at radius 1 is 1.60 bits per heavy atom. The Morgan fingerprint density at radius 3 is 2.90 bits per heavy atom. The van der Waals surface area contributed by atoms with E-state index in [-0.39, 0.29) is 22.3 Å². The first kappa shape index (κ1) is 15.5. The summed E-state index contributed by atoms with van der Waals surface area (Å²) < 4.78 is 32.4. The van der Waals surface area contributed by atoms with Gasteiger partial charge in [-0.15, -0.1) is 0 Å². The standard InChI is InChI=1S/C11H17ClN4O3S/c1-11(3-2-4-19-11)7-15-20(17,18)8-5-9(12)10(16-13)14-6-8/h5-6,15H,2-4,7,13H2,1H3,(H,14,16). The van der Waals surface area contributed by atoms with Crippen molar-refractivity contribution in [1.82, 2.24) is 9.71 Å². The Morgan fingerprint density at radius 2 is 2.35 bits per heavy atom. The number of aromatic nitrogens is 1. The first-order valence-electron chi connectivity index (χ1n) is 6.12. The zero-order valence-electron chi connectivity index (χ0n) is 11.0. The van der Waals surface area contributed by atoms with E-state index in [9.17, 15) is 8.42 Å². The number of ether oxygens (including phenoxy) is 1. The lowest BCUT2D eigenvalue weighted by Crippen LogP contribution is -2.40. The zero-order valence-corrected chi connectivity index (χ0v) is 12.6. The van der Waals surface area contributed by atoms with E-state index in [0.717, 1.165) is 12.8 Å². The Kier molecular flexibility index (Phi) is 4.50. The summed E-state index contributed by atoms with van der Waals surface area (Å²) in [7, 11) is -3.68. The third-order valence-corrected chi connectivity index (χ3v) is 4.86. The fraction of sp³-hybridized carbons (Fsp3) is 0.545. The number of nitrogen functional groups attached to an aromatic ring is 1. The number of rotatable bonds is 5.